The first-order valence-corrected chi connectivity index (χ1v) is 10.7. The maximum Gasteiger partial charge on any atom is 0.243 e. The van der Waals surface area contributed by atoms with E-state index in [1.807, 2.05) is 19.0 Å². The van der Waals surface area contributed by atoms with Crippen molar-refractivity contribution in [3.05, 3.63) is 36.2 Å². The van der Waals surface area contributed by atoms with Crippen molar-refractivity contribution in [3.8, 4) is 5.88 Å². The summed E-state index contributed by atoms with van der Waals surface area (Å²) in [5, 5.41) is 2.66. The van der Waals surface area contributed by atoms with Crippen LogP contribution in [0.1, 0.15) is 18.9 Å². The summed E-state index contributed by atoms with van der Waals surface area (Å²) in [6.45, 7) is 3.72. The molecule has 0 saturated carbocycles. The van der Waals surface area contributed by atoms with Crippen molar-refractivity contribution in [1.29, 1.82) is 0 Å². The summed E-state index contributed by atoms with van der Waals surface area (Å²) < 4.78 is 33.4. The lowest BCUT2D eigenvalue weighted by Crippen LogP contribution is -2.31. The summed E-state index contributed by atoms with van der Waals surface area (Å²) in [6.07, 6.45) is 3.42. The molecule has 10 heteroatoms. The van der Waals surface area contributed by atoms with Crippen molar-refractivity contribution in [2.75, 3.05) is 37.4 Å². The van der Waals surface area contributed by atoms with Crippen LogP contribution >= 0.6 is 0 Å². The Labute approximate surface area is 170 Å². The molecule has 1 unspecified atom stereocenters. The van der Waals surface area contributed by atoms with Crippen molar-refractivity contribution in [2.45, 2.75) is 31.3 Å². The van der Waals surface area contributed by atoms with Gasteiger partial charge in [-0.25, -0.2) is 8.42 Å². The van der Waals surface area contributed by atoms with Crippen LogP contribution in [-0.2, 0) is 14.8 Å². The number of hydrogen-bond acceptors (Lipinski definition) is 7. The third-order valence-corrected chi connectivity index (χ3v) is 6.59. The predicted molar refractivity (Wildman–Crippen MR) is 110 cm³/mol. The second kappa shape index (κ2) is 8.34. The van der Waals surface area contributed by atoms with Crippen LogP contribution in [0.4, 0.5) is 11.5 Å². The number of anilines is 2. The number of amides is 1. The summed E-state index contributed by atoms with van der Waals surface area (Å²) >= 11 is 0. The van der Waals surface area contributed by atoms with Crippen LogP contribution in [0.15, 0.2) is 35.5 Å². The highest BCUT2D eigenvalue weighted by Crippen LogP contribution is 2.27. The first-order valence-electron chi connectivity index (χ1n) is 9.21. The number of sulfonamides is 1. The van der Waals surface area contributed by atoms with Crippen molar-refractivity contribution in [1.82, 2.24) is 14.3 Å². The summed E-state index contributed by atoms with van der Waals surface area (Å²) in [5.41, 5.74) is 1.14. The van der Waals surface area contributed by atoms with Gasteiger partial charge >= 0.3 is 0 Å². The molecule has 2 aromatic rings. The molecule has 0 bridgehead atoms. The van der Waals surface area contributed by atoms with Crippen molar-refractivity contribution >= 4 is 27.4 Å². The number of nitrogens with zero attached hydrogens (tertiary/aromatic N) is 4. The molecule has 9 nitrogen and oxygen atoms in total. The van der Waals surface area contributed by atoms with Crippen LogP contribution in [0, 0.1) is 6.92 Å². The lowest BCUT2D eigenvalue weighted by atomic mass is 10.2. The molecular formula is C19H25N5O4S. The van der Waals surface area contributed by atoms with Crippen LogP contribution < -0.4 is 15.0 Å². The zero-order valence-electron chi connectivity index (χ0n) is 16.9. The molecule has 2 heterocycles. The number of aromatic nitrogens is 2. The molecule has 1 aliphatic rings. The number of benzene rings is 1. The fraction of sp³-hybridized carbons (Fsp3) is 0.421. The molecule has 3 rings (SSSR count). The average Bonchev–Trinajstić information content (AvgIpc) is 3.10. The minimum Gasteiger partial charge on any atom is -0.472 e. The van der Waals surface area contributed by atoms with Crippen molar-refractivity contribution < 1.29 is 17.9 Å². The third kappa shape index (κ3) is 4.83. The Kier molecular flexibility index (Phi) is 6.04. The topological polar surface area (TPSA) is 105 Å². The molecule has 0 radical (unpaired) electrons. The van der Waals surface area contributed by atoms with E-state index in [1.54, 1.807) is 25.3 Å². The molecule has 1 amide bonds. The number of rotatable bonds is 6. The van der Waals surface area contributed by atoms with E-state index in [0.29, 0.717) is 35.9 Å². The summed E-state index contributed by atoms with van der Waals surface area (Å²) in [5.74, 6) is 0.831. The zero-order valence-corrected chi connectivity index (χ0v) is 17.7. The van der Waals surface area contributed by atoms with E-state index in [2.05, 4.69) is 15.3 Å². The van der Waals surface area contributed by atoms with E-state index in [0.717, 1.165) is 0 Å². The number of carbonyl (C=O) groups excluding carboxylic acids is 1. The van der Waals surface area contributed by atoms with E-state index in [1.165, 1.54) is 23.5 Å². The molecular weight excluding hydrogens is 394 g/mol. The molecule has 1 atom stereocenters. The second-order valence-electron chi connectivity index (χ2n) is 7.16. The Balaban J connectivity index is 1.72. The largest absolute Gasteiger partial charge is 0.472 e. The quantitative estimate of drug-likeness (QED) is 0.759. The Morgan fingerprint density at radius 1 is 1.31 bits per heavy atom. The highest BCUT2D eigenvalue weighted by molar-refractivity contribution is 7.89. The van der Waals surface area contributed by atoms with E-state index in [-0.39, 0.29) is 23.5 Å². The van der Waals surface area contributed by atoms with Crippen molar-refractivity contribution in [2.24, 2.45) is 0 Å². The minimum absolute atomic E-state index is 0.207. The fourth-order valence-electron chi connectivity index (χ4n) is 3.15. The monoisotopic (exact) mass is 419 g/mol. The van der Waals surface area contributed by atoms with Crippen molar-refractivity contribution in [3.63, 3.8) is 0 Å². The average molecular weight is 420 g/mol. The summed E-state index contributed by atoms with van der Waals surface area (Å²) in [7, 11) is 0.0517. The Morgan fingerprint density at radius 3 is 2.72 bits per heavy atom. The first kappa shape index (κ1) is 21.0. The smallest absolute Gasteiger partial charge is 0.243 e. The Bertz CT molecular complexity index is 1010. The van der Waals surface area contributed by atoms with E-state index in [9.17, 15) is 13.2 Å². The molecule has 1 fully saturated rings. The molecule has 156 valence electrons. The normalized spacial score (nSPS) is 17.2. The number of nitrogens with one attached hydrogen (secondary N) is 1. The number of ether oxygens (including phenoxy) is 1. The van der Waals surface area contributed by atoms with Gasteiger partial charge in [0.15, 0.2) is 5.82 Å². The van der Waals surface area contributed by atoms with E-state index in [4.69, 9.17) is 4.74 Å². The van der Waals surface area contributed by atoms with Crippen LogP contribution in [-0.4, -0.2) is 61.9 Å². The van der Waals surface area contributed by atoms with Gasteiger partial charge in [0.05, 0.1) is 23.8 Å². The van der Waals surface area contributed by atoms with Gasteiger partial charge < -0.3 is 15.0 Å². The van der Waals surface area contributed by atoms with E-state index >= 15 is 0 Å². The Hall–Kier alpha value is -2.72. The minimum atomic E-state index is -3.67. The van der Waals surface area contributed by atoms with Gasteiger partial charge in [-0.1, -0.05) is 0 Å². The SMILES string of the molecule is CC(=O)Nc1ccc(S(=O)(=O)N2CCC(Oc3cncc(N(C)C)n3)C2)c(C)c1. The first-order chi connectivity index (χ1) is 13.7. The van der Waals surface area contributed by atoms with Gasteiger partial charge in [0.1, 0.15) is 6.10 Å². The summed E-state index contributed by atoms with van der Waals surface area (Å²) in [4.78, 5) is 21.7. The molecule has 29 heavy (non-hydrogen) atoms. The van der Waals surface area contributed by atoms with Gasteiger partial charge in [0.25, 0.3) is 0 Å². The highest BCUT2D eigenvalue weighted by Gasteiger charge is 2.34. The number of hydrogen-bond donors (Lipinski definition) is 1. The van der Waals surface area contributed by atoms with Gasteiger partial charge in [-0.15, -0.1) is 0 Å². The zero-order chi connectivity index (χ0) is 21.2. The molecule has 1 aromatic heterocycles. The predicted octanol–water partition coefficient (Wildman–Crippen LogP) is 1.65. The molecule has 0 spiro atoms. The maximum absolute atomic E-state index is 13.1. The van der Waals surface area contributed by atoms with Crippen LogP contribution in [0.5, 0.6) is 5.88 Å². The van der Waals surface area contributed by atoms with Crippen LogP contribution in [0.3, 0.4) is 0 Å². The molecule has 1 aromatic carbocycles. The van der Waals surface area contributed by atoms with Gasteiger partial charge in [-0.2, -0.15) is 9.29 Å². The molecule has 0 aliphatic carbocycles. The lowest BCUT2D eigenvalue weighted by Gasteiger charge is -2.19. The maximum atomic E-state index is 13.1. The lowest BCUT2D eigenvalue weighted by molar-refractivity contribution is -0.114. The standard InChI is InChI=1S/C19H25N5O4S/c1-13-9-15(21-14(2)25)5-6-17(13)29(26,27)24-8-7-16(12-24)28-19-11-20-10-18(22-19)23(3)4/h5-6,9-11,16H,7-8,12H2,1-4H3,(H,21,25). The van der Waals surface area contributed by atoms with Crippen LogP contribution in [0.2, 0.25) is 0 Å². The van der Waals surface area contributed by atoms with Gasteiger partial charge in [-0.3, -0.25) is 9.78 Å². The second-order valence-corrected chi connectivity index (χ2v) is 9.07. The van der Waals surface area contributed by atoms with Gasteiger partial charge in [0.2, 0.25) is 21.8 Å². The van der Waals surface area contributed by atoms with Gasteiger partial charge in [-0.05, 0) is 37.1 Å². The molecule has 1 saturated heterocycles. The highest BCUT2D eigenvalue weighted by atomic mass is 32.2. The summed E-state index contributed by atoms with van der Waals surface area (Å²) in [6, 6.07) is 4.77. The van der Waals surface area contributed by atoms with Crippen LogP contribution in [0.25, 0.3) is 0 Å². The molecule has 1 aliphatic heterocycles. The molecule has 1 N–H and O–H groups in total. The number of aryl methyl sites for hydroxylation is 1. The fourth-order valence-corrected chi connectivity index (χ4v) is 4.84. The van der Waals surface area contributed by atoms with E-state index < -0.39 is 10.0 Å². The number of carbonyl (C=O) groups is 1. The van der Waals surface area contributed by atoms with Gasteiger partial charge in [0, 0.05) is 33.3 Å². The third-order valence-electron chi connectivity index (χ3n) is 4.57. The Morgan fingerprint density at radius 2 is 2.07 bits per heavy atom.